The summed E-state index contributed by atoms with van der Waals surface area (Å²) in [5, 5.41) is 0. The Kier molecular flexibility index (Phi) is 5.74. The molecule has 0 saturated carbocycles. The summed E-state index contributed by atoms with van der Waals surface area (Å²) in [4.78, 5) is 8.36. The van der Waals surface area contributed by atoms with Crippen molar-refractivity contribution in [3.05, 3.63) is 18.0 Å². The van der Waals surface area contributed by atoms with Crippen LogP contribution in [-0.4, -0.2) is 47.6 Å². The smallest absolute Gasteiger partial charge is 0.316 e. The summed E-state index contributed by atoms with van der Waals surface area (Å²) >= 11 is 0. The zero-order chi connectivity index (χ0) is 16.2. The summed E-state index contributed by atoms with van der Waals surface area (Å²) in [6, 6.07) is 0.324. The normalized spacial score (nSPS) is 20.3. The molecule has 1 aliphatic heterocycles. The number of sulfonamides is 1. The molecule has 1 saturated heterocycles. The van der Waals surface area contributed by atoms with E-state index in [4.69, 9.17) is 4.74 Å². The van der Waals surface area contributed by atoms with Crippen molar-refractivity contribution in [2.75, 3.05) is 18.8 Å². The molecule has 0 N–H and O–H groups in total. The number of aryl methyl sites for hydroxylation is 1. The van der Waals surface area contributed by atoms with Crippen LogP contribution in [0.1, 0.15) is 39.2 Å². The third kappa shape index (κ3) is 4.64. The molecule has 2 heterocycles. The predicted molar refractivity (Wildman–Crippen MR) is 85.3 cm³/mol. The Morgan fingerprint density at radius 3 is 2.64 bits per heavy atom. The summed E-state index contributed by atoms with van der Waals surface area (Å²) in [6.07, 6.45) is 5.83. The summed E-state index contributed by atoms with van der Waals surface area (Å²) in [5.41, 5.74) is 1.05. The van der Waals surface area contributed by atoms with Crippen LogP contribution in [0, 0.1) is 5.92 Å². The molecule has 0 aliphatic carbocycles. The lowest BCUT2D eigenvalue weighted by Crippen LogP contribution is -2.45. The van der Waals surface area contributed by atoms with Crippen molar-refractivity contribution in [2.24, 2.45) is 5.92 Å². The number of hydrogen-bond acceptors (Lipinski definition) is 5. The Bertz CT molecular complexity index is 572. The molecule has 6 nitrogen and oxygen atoms in total. The zero-order valence-electron chi connectivity index (χ0n) is 13.5. The highest BCUT2D eigenvalue weighted by Gasteiger charge is 2.30. The molecule has 22 heavy (non-hydrogen) atoms. The topological polar surface area (TPSA) is 72.4 Å². The van der Waals surface area contributed by atoms with E-state index in [9.17, 15) is 8.42 Å². The van der Waals surface area contributed by atoms with E-state index in [1.807, 2.05) is 20.8 Å². The van der Waals surface area contributed by atoms with Gasteiger partial charge in [-0.05, 0) is 30.7 Å². The van der Waals surface area contributed by atoms with E-state index in [-0.39, 0.29) is 17.8 Å². The van der Waals surface area contributed by atoms with E-state index in [2.05, 4.69) is 9.97 Å². The van der Waals surface area contributed by atoms with Crippen LogP contribution in [0.2, 0.25) is 0 Å². The van der Waals surface area contributed by atoms with Crippen molar-refractivity contribution in [3.8, 4) is 6.01 Å². The van der Waals surface area contributed by atoms with Gasteiger partial charge in [0.2, 0.25) is 10.0 Å². The third-order valence-corrected chi connectivity index (χ3v) is 5.85. The minimum Gasteiger partial charge on any atom is -0.459 e. The van der Waals surface area contributed by atoms with Gasteiger partial charge in [-0.25, -0.2) is 18.4 Å². The van der Waals surface area contributed by atoms with Crippen LogP contribution in [0.4, 0.5) is 0 Å². The van der Waals surface area contributed by atoms with Gasteiger partial charge in [0, 0.05) is 18.9 Å². The first-order valence-electron chi connectivity index (χ1n) is 7.86. The van der Waals surface area contributed by atoms with Crippen molar-refractivity contribution in [1.82, 2.24) is 14.3 Å². The van der Waals surface area contributed by atoms with E-state index in [1.54, 1.807) is 16.7 Å². The van der Waals surface area contributed by atoms with Crippen molar-refractivity contribution in [2.45, 2.75) is 46.1 Å². The standard InChI is InChI=1S/C15H25N3O3S/c1-4-13-8-16-15(17-9-13)21-14-6-5-7-18(10-14)22(19,20)11-12(2)3/h8-9,12,14H,4-7,10-11H2,1-3H3. The van der Waals surface area contributed by atoms with Gasteiger partial charge in [0.25, 0.3) is 0 Å². The minimum absolute atomic E-state index is 0.121. The maximum atomic E-state index is 12.3. The summed E-state index contributed by atoms with van der Waals surface area (Å²) in [6.45, 7) is 6.83. The van der Waals surface area contributed by atoms with Gasteiger partial charge in [-0.2, -0.15) is 4.31 Å². The second-order valence-corrected chi connectivity index (χ2v) is 8.15. The van der Waals surface area contributed by atoms with Crippen LogP contribution in [0.25, 0.3) is 0 Å². The summed E-state index contributed by atoms with van der Waals surface area (Å²) < 4.78 is 31.9. The minimum atomic E-state index is -3.21. The molecular weight excluding hydrogens is 302 g/mol. The molecule has 0 aromatic carbocycles. The number of hydrogen-bond donors (Lipinski definition) is 0. The fraction of sp³-hybridized carbons (Fsp3) is 0.733. The van der Waals surface area contributed by atoms with Crippen LogP contribution in [0.5, 0.6) is 6.01 Å². The molecule has 124 valence electrons. The summed E-state index contributed by atoms with van der Waals surface area (Å²) in [5.74, 6) is 0.303. The molecule has 1 unspecified atom stereocenters. The largest absolute Gasteiger partial charge is 0.459 e. The van der Waals surface area contributed by atoms with Gasteiger partial charge >= 0.3 is 6.01 Å². The van der Waals surface area contributed by atoms with Gasteiger partial charge in [-0.3, -0.25) is 0 Å². The maximum absolute atomic E-state index is 12.3. The second-order valence-electron chi connectivity index (χ2n) is 6.14. The molecule has 1 fully saturated rings. The summed E-state index contributed by atoms with van der Waals surface area (Å²) in [7, 11) is -3.21. The van der Waals surface area contributed by atoms with Gasteiger partial charge < -0.3 is 4.74 Å². The fourth-order valence-corrected chi connectivity index (χ4v) is 4.37. The molecule has 1 atom stereocenters. The predicted octanol–water partition coefficient (Wildman–Crippen LogP) is 1.87. The van der Waals surface area contributed by atoms with Crippen LogP contribution >= 0.6 is 0 Å². The van der Waals surface area contributed by atoms with Crippen LogP contribution < -0.4 is 4.74 Å². The van der Waals surface area contributed by atoms with Crippen molar-refractivity contribution in [1.29, 1.82) is 0 Å². The van der Waals surface area contributed by atoms with Gasteiger partial charge in [0.15, 0.2) is 0 Å². The average Bonchev–Trinajstić information content (AvgIpc) is 2.47. The average molecular weight is 327 g/mol. The number of rotatable bonds is 6. The van der Waals surface area contributed by atoms with E-state index in [0.717, 1.165) is 24.8 Å². The van der Waals surface area contributed by atoms with Crippen LogP contribution in [0.15, 0.2) is 12.4 Å². The van der Waals surface area contributed by atoms with Gasteiger partial charge in [-0.1, -0.05) is 20.8 Å². The van der Waals surface area contributed by atoms with Crippen LogP contribution in [0.3, 0.4) is 0 Å². The third-order valence-electron chi connectivity index (χ3n) is 3.64. The highest BCUT2D eigenvalue weighted by atomic mass is 32.2. The highest BCUT2D eigenvalue weighted by molar-refractivity contribution is 7.89. The first-order valence-corrected chi connectivity index (χ1v) is 9.47. The Morgan fingerprint density at radius 1 is 1.36 bits per heavy atom. The van der Waals surface area contributed by atoms with E-state index in [1.165, 1.54) is 0 Å². The molecule has 1 aliphatic rings. The molecule has 0 bridgehead atoms. The lowest BCUT2D eigenvalue weighted by molar-refractivity contribution is 0.119. The lowest BCUT2D eigenvalue weighted by atomic mass is 10.1. The van der Waals surface area contributed by atoms with Gasteiger partial charge in [-0.15, -0.1) is 0 Å². The zero-order valence-corrected chi connectivity index (χ0v) is 14.3. The van der Waals surface area contributed by atoms with Crippen molar-refractivity contribution >= 4 is 10.0 Å². The van der Waals surface area contributed by atoms with E-state index < -0.39 is 10.0 Å². The Labute approximate surface area is 133 Å². The monoisotopic (exact) mass is 327 g/mol. The first-order chi connectivity index (χ1) is 10.4. The number of nitrogens with zero attached hydrogens (tertiary/aromatic N) is 3. The van der Waals surface area contributed by atoms with E-state index >= 15 is 0 Å². The lowest BCUT2D eigenvalue weighted by Gasteiger charge is -2.32. The molecule has 1 aromatic rings. The van der Waals surface area contributed by atoms with Crippen LogP contribution in [-0.2, 0) is 16.4 Å². The molecule has 1 aromatic heterocycles. The highest BCUT2D eigenvalue weighted by Crippen LogP contribution is 2.19. The Hall–Kier alpha value is -1.21. The number of piperidine rings is 1. The van der Waals surface area contributed by atoms with Gasteiger partial charge in [0.1, 0.15) is 6.10 Å². The molecular formula is C15H25N3O3S. The molecule has 2 rings (SSSR count). The molecule has 0 spiro atoms. The molecule has 7 heteroatoms. The molecule has 0 amide bonds. The maximum Gasteiger partial charge on any atom is 0.316 e. The number of ether oxygens (including phenoxy) is 1. The number of aromatic nitrogens is 2. The van der Waals surface area contributed by atoms with Gasteiger partial charge in [0.05, 0.1) is 12.3 Å². The fourth-order valence-electron chi connectivity index (χ4n) is 2.52. The SMILES string of the molecule is CCc1cnc(OC2CCCN(S(=O)(=O)CC(C)C)C2)nc1. The first kappa shape index (κ1) is 17.1. The second kappa shape index (κ2) is 7.37. The quantitative estimate of drug-likeness (QED) is 0.797. The van der Waals surface area contributed by atoms with Crippen molar-refractivity contribution in [3.63, 3.8) is 0 Å². The Morgan fingerprint density at radius 2 is 2.05 bits per heavy atom. The molecule has 0 radical (unpaired) electrons. The van der Waals surface area contributed by atoms with Crippen molar-refractivity contribution < 1.29 is 13.2 Å². The Balaban J connectivity index is 1.98. The van der Waals surface area contributed by atoms with E-state index in [0.29, 0.717) is 19.1 Å².